The van der Waals surface area contributed by atoms with Crippen molar-refractivity contribution in [1.29, 1.82) is 0 Å². The van der Waals surface area contributed by atoms with E-state index >= 15 is 0 Å². The molecule has 0 saturated heterocycles. The van der Waals surface area contributed by atoms with Gasteiger partial charge in [-0.3, -0.25) is 9.59 Å². The molecule has 0 aliphatic rings. The number of hydrogen-bond acceptors (Lipinski definition) is 3. The first kappa shape index (κ1) is 16.0. The second-order valence-electron chi connectivity index (χ2n) is 4.08. The highest BCUT2D eigenvalue weighted by atomic mass is 16.4. The number of carboxylic acids is 1. The summed E-state index contributed by atoms with van der Waals surface area (Å²) in [5.74, 6) is -0.883. The molecular weight excluding hydrogens is 232 g/mol. The molecule has 1 aromatic rings. The predicted molar refractivity (Wildman–Crippen MR) is 72.8 cm³/mol. The molecule has 0 heterocycles. The lowest BCUT2D eigenvalue weighted by atomic mass is 10.2. The van der Waals surface area contributed by atoms with Crippen LogP contribution in [0.1, 0.15) is 27.7 Å². The maximum atomic E-state index is 10.8. The van der Waals surface area contributed by atoms with Gasteiger partial charge in [-0.05, 0) is 32.0 Å². The highest BCUT2D eigenvalue weighted by Gasteiger charge is 1.98. The summed E-state index contributed by atoms with van der Waals surface area (Å²) in [6.07, 6.45) is 0. The Labute approximate surface area is 107 Å². The highest BCUT2D eigenvalue weighted by molar-refractivity contribution is 5.89. The van der Waals surface area contributed by atoms with E-state index in [9.17, 15) is 4.79 Å². The van der Waals surface area contributed by atoms with Crippen LogP contribution in [0, 0.1) is 0 Å². The van der Waals surface area contributed by atoms with Crippen LogP contribution in [0.15, 0.2) is 24.3 Å². The average Bonchev–Trinajstić information content (AvgIpc) is 2.14. The first-order chi connectivity index (χ1) is 8.31. The minimum atomic E-state index is -0.833. The van der Waals surface area contributed by atoms with Crippen molar-refractivity contribution in [3.63, 3.8) is 0 Å². The fourth-order valence-electron chi connectivity index (χ4n) is 1.22. The van der Waals surface area contributed by atoms with Gasteiger partial charge in [-0.1, -0.05) is 6.07 Å². The number of carbonyl (C=O) groups excluding carboxylic acids is 1. The van der Waals surface area contributed by atoms with Gasteiger partial charge in [-0.15, -0.1) is 0 Å². The van der Waals surface area contributed by atoms with E-state index in [1.807, 2.05) is 24.3 Å². The van der Waals surface area contributed by atoms with Crippen molar-refractivity contribution in [2.24, 2.45) is 0 Å². The quantitative estimate of drug-likeness (QED) is 0.772. The monoisotopic (exact) mass is 252 g/mol. The van der Waals surface area contributed by atoms with Crippen LogP contribution in [0.25, 0.3) is 0 Å². The molecule has 100 valence electrons. The third kappa shape index (κ3) is 9.21. The SMILES string of the molecule is CC(=O)Nc1cccc(NC(C)C)c1.CC(=O)O. The van der Waals surface area contributed by atoms with Gasteiger partial charge >= 0.3 is 0 Å². The molecular formula is C13H20N2O3. The van der Waals surface area contributed by atoms with Crippen LogP contribution >= 0.6 is 0 Å². The maximum Gasteiger partial charge on any atom is 0.300 e. The van der Waals surface area contributed by atoms with Gasteiger partial charge in [0.05, 0.1) is 0 Å². The van der Waals surface area contributed by atoms with Crippen molar-refractivity contribution in [1.82, 2.24) is 0 Å². The number of amides is 1. The average molecular weight is 252 g/mol. The smallest absolute Gasteiger partial charge is 0.300 e. The number of hydrogen-bond donors (Lipinski definition) is 3. The molecule has 0 fully saturated rings. The summed E-state index contributed by atoms with van der Waals surface area (Å²) in [4.78, 5) is 19.8. The first-order valence-corrected chi connectivity index (χ1v) is 5.65. The Morgan fingerprint density at radius 1 is 1.17 bits per heavy atom. The van der Waals surface area contributed by atoms with E-state index in [-0.39, 0.29) is 5.91 Å². The zero-order valence-corrected chi connectivity index (χ0v) is 11.2. The molecule has 0 spiro atoms. The Morgan fingerprint density at radius 3 is 2.11 bits per heavy atom. The molecule has 0 radical (unpaired) electrons. The number of anilines is 2. The van der Waals surface area contributed by atoms with Crippen LogP contribution in [0.2, 0.25) is 0 Å². The zero-order valence-electron chi connectivity index (χ0n) is 11.2. The van der Waals surface area contributed by atoms with Gasteiger partial charge in [0.25, 0.3) is 5.97 Å². The number of benzene rings is 1. The second kappa shape index (κ2) is 8.11. The minimum Gasteiger partial charge on any atom is -0.481 e. The van der Waals surface area contributed by atoms with Crippen LogP contribution < -0.4 is 10.6 Å². The topological polar surface area (TPSA) is 78.4 Å². The molecule has 0 bridgehead atoms. The van der Waals surface area contributed by atoms with Gasteiger partial charge in [0.15, 0.2) is 0 Å². The Kier molecular flexibility index (Phi) is 7.19. The number of nitrogens with one attached hydrogen (secondary N) is 2. The molecule has 0 saturated carbocycles. The lowest BCUT2D eigenvalue weighted by molar-refractivity contribution is -0.134. The molecule has 5 heteroatoms. The molecule has 0 atom stereocenters. The lowest BCUT2D eigenvalue weighted by Crippen LogP contribution is -2.10. The van der Waals surface area contributed by atoms with E-state index in [2.05, 4.69) is 24.5 Å². The minimum absolute atomic E-state index is 0.0494. The molecule has 1 rings (SSSR count). The standard InChI is InChI=1S/C11H16N2O.C2H4O2/c1-8(2)12-10-5-4-6-11(7-10)13-9(3)14;1-2(3)4/h4-8,12H,1-3H3,(H,13,14);1H3,(H,3,4). The van der Waals surface area contributed by atoms with Crippen molar-refractivity contribution in [2.45, 2.75) is 33.7 Å². The van der Waals surface area contributed by atoms with Gasteiger partial charge in [0, 0.05) is 31.3 Å². The molecule has 5 nitrogen and oxygen atoms in total. The molecule has 1 aromatic carbocycles. The molecule has 3 N–H and O–H groups in total. The van der Waals surface area contributed by atoms with Crippen LogP contribution in [-0.4, -0.2) is 23.0 Å². The van der Waals surface area contributed by atoms with Gasteiger partial charge in [0.1, 0.15) is 0 Å². The van der Waals surface area contributed by atoms with Gasteiger partial charge in [-0.2, -0.15) is 0 Å². The molecule has 0 aromatic heterocycles. The van der Waals surface area contributed by atoms with E-state index < -0.39 is 5.97 Å². The van der Waals surface area contributed by atoms with Gasteiger partial charge in [-0.25, -0.2) is 0 Å². The molecule has 0 aliphatic carbocycles. The van der Waals surface area contributed by atoms with Crippen molar-refractivity contribution in [3.05, 3.63) is 24.3 Å². The van der Waals surface area contributed by atoms with E-state index in [1.165, 1.54) is 6.92 Å². The van der Waals surface area contributed by atoms with E-state index in [0.29, 0.717) is 6.04 Å². The van der Waals surface area contributed by atoms with Crippen LogP contribution in [0.5, 0.6) is 0 Å². The molecule has 0 unspecified atom stereocenters. The Hall–Kier alpha value is -2.04. The zero-order chi connectivity index (χ0) is 14.1. The Morgan fingerprint density at radius 2 is 1.67 bits per heavy atom. The van der Waals surface area contributed by atoms with Crippen molar-refractivity contribution in [3.8, 4) is 0 Å². The fourth-order valence-corrected chi connectivity index (χ4v) is 1.22. The lowest BCUT2D eigenvalue weighted by Gasteiger charge is -2.11. The predicted octanol–water partition coefficient (Wildman–Crippen LogP) is 2.56. The molecule has 18 heavy (non-hydrogen) atoms. The third-order valence-corrected chi connectivity index (χ3v) is 1.64. The third-order valence-electron chi connectivity index (χ3n) is 1.64. The van der Waals surface area contributed by atoms with Crippen LogP contribution in [-0.2, 0) is 9.59 Å². The summed E-state index contributed by atoms with van der Waals surface area (Å²) >= 11 is 0. The summed E-state index contributed by atoms with van der Waals surface area (Å²) < 4.78 is 0. The summed E-state index contributed by atoms with van der Waals surface area (Å²) in [7, 11) is 0. The van der Waals surface area contributed by atoms with Crippen LogP contribution in [0.3, 0.4) is 0 Å². The normalized spacial score (nSPS) is 9.17. The number of carbonyl (C=O) groups is 2. The summed E-state index contributed by atoms with van der Waals surface area (Å²) in [6, 6.07) is 8.07. The van der Waals surface area contributed by atoms with E-state index in [1.54, 1.807) is 0 Å². The molecule has 0 aliphatic heterocycles. The van der Waals surface area contributed by atoms with Crippen molar-refractivity contribution in [2.75, 3.05) is 10.6 Å². The van der Waals surface area contributed by atoms with E-state index in [4.69, 9.17) is 9.90 Å². The summed E-state index contributed by atoms with van der Waals surface area (Å²) in [5, 5.41) is 13.4. The number of carboxylic acid groups (broad SMARTS) is 1. The summed E-state index contributed by atoms with van der Waals surface area (Å²) in [6.45, 7) is 6.73. The Balaban J connectivity index is 0.000000631. The second-order valence-corrected chi connectivity index (χ2v) is 4.08. The number of rotatable bonds is 3. The first-order valence-electron chi connectivity index (χ1n) is 5.65. The highest BCUT2D eigenvalue weighted by Crippen LogP contribution is 2.15. The Bertz CT molecular complexity index is 399. The fraction of sp³-hybridized carbons (Fsp3) is 0.385. The van der Waals surface area contributed by atoms with Crippen molar-refractivity contribution >= 4 is 23.3 Å². The number of aliphatic carboxylic acids is 1. The van der Waals surface area contributed by atoms with E-state index in [0.717, 1.165) is 18.3 Å². The van der Waals surface area contributed by atoms with Crippen LogP contribution in [0.4, 0.5) is 11.4 Å². The van der Waals surface area contributed by atoms with Gasteiger partial charge in [0.2, 0.25) is 5.91 Å². The summed E-state index contributed by atoms with van der Waals surface area (Å²) in [5.41, 5.74) is 1.84. The largest absolute Gasteiger partial charge is 0.481 e. The van der Waals surface area contributed by atoms with Gasteiger partial charge < -0.3 is 15.7 Å². The molecule has 1 amide bonds. The maximum absolute atomic E-state index is 10.8. The van der Waals surface area contributed by atoms with Crippen molar-refractivity contribution < 1.29 is 14.7 Å².